The van der Waals surface area contributed by atoms with Crippen LogP contribution in [-0.2, 0) is 9.53 Å². The van der Waals surface area contributed by atoms with Gasteiger partial charge in [0.1, 0.15) is 0 Å². The highest BCUT2D eigenvalue weighted by molar-refractivity contribution is 9.09. The molecular formula is C8H13BrO2. The van der Waals surface area contributed by atoms with E-state index in [1.807, 2.05) is 13.8 Å². The summed E-state index contributed by atoms with van der Waals surface area (Å²) in [6.45, 7) is 7.37. The molecule has 0 fully saturated rings. The number of rotatable bonds is 4. The SMILES string of the molecule is C=C(CBr)C(=O)OC(C)CC. The lowest BCUT2D eigenvalue weighted by atomic mass is 10.3. The molecule has 0 radical (unpaired) electrons. The first-order valence-electron chi connectivity index (χ1n) is 3.56. The van der Waals surface area contributed by atoms with Crippen LogP contribution in [0.3, 0.4) is 0 Å². The molecular weight excluding hydrogens is 208 g/mol. The lowest BCUT2D eigenvalue weighted by Crippen LogP contribution is -2.15. The van der Waals surface area contributed by atoms with Crippen LogP contribution in [0, 0.1) is 0 Å². The molecule has 0 saturated heterocycles. The third-order valence-electron chi connectivity index (χ3n) is 1.33. The van der Waals surface area contributed by atoms with Crippen LogP contribution in [0.5, 0.6) is 0 Å². The van der Waals surface area contributed by atoms with Crippen molar-refractivity contribution in [2.75, 3.05) is 5.33 Å². The molecule has 0 aliphatic heterocycles. The topological polar surface area (TPSA) is 26.3 Å². The van der Waals surface area contributed by atoms with Gasteiger partial charge in [-0.2, -0.15) is 0 Å². The van der Waals surface area contributed by atoms with Gasteiger partial charge in [0.15, 0.2) is 0 Å². The van der Waals surface area contributed by atoms with Gasteiger partial charge in [0.2, 0.25) is 0 Å². The summed E-state index contributed by atoms with van der Waals surface area (Å²) >= 11 is 3.13. The van der Waals surface area contributed by atoms with Crippen molar-refractivity contribution in [2.24, 2.45) is 0 Å². The monoisotopic (exact) mass is 220 g/mol. The molecule has 0 saturated carbocycles. The molecule has 0 bridgehead atoms. The summed E-state index contributed by atoms with van der Waals surface area (Å²) in [5.74, 6) is -0.309. The van der Waals surface area contributed by atoms with Crippen molar-refractivity contribution in [2.45, 2.75) is 26.4 Å². The highest BCUT2D eigenvalue weighted by atomic mass is 79.9. The van der Waals surface area contributed by atoms with Gasteiger partial charge in [-0.05, 0) is 13.3 Å². The van der Waals surface area contributed by atoms with Gasteiger partial charge < -0.3 is 4.74 Å². The number of carbonyl (C=O) groups excluding carboxylic acids is 1. The Morgan fingerprint density at radius 3 is 2.64 bits per heavy atom. The molecule has 0 aromatic rings. The largest absolute Gasteiger partial charge is 0.459 e. The zero-order chi connectivity index (χ0) is 8.85. The van der Waals surface area contributed by atoms with Crippen LogP contribution in [0.25, 0.3) is 0 Å². The van der Waals surface area contributed by atoms with Crippen LogP contribution >= 0.6 is 15.9 Å². The molecule has 0 N–H and O–H groups in total. The van der Waals surface area contributed by atoms with Crippen molar-refractivity contribution in [3.63, 3.8) is 0 Å². The summed E-state index contributed by atoms with van der Waals surface area (Å²) in [6.07, 6.45) is 0.819. The summed E-state index contributed by atoms with van der Waals surface area (Å²) < 4.78 is 4.98. The van der Waals surface area contributed by atoms with Gasteiger partial charge in [-0.25, -0.2) is 4.79 Å². The molecule has 0 spiro atoms. The summed E-state index contributed by atoms with van der Waals surface area (Å²) in [5.41, 5.74) is 0.463. The van der Waals surface area contributed by atoms with Gasteiger partial charge in [-0.15, -0.1) is 0 Å². The second-order valence-corrected chi connectivity index (χ2v) is 2.92. The lowest BCUT2D eigenvalue weighted by Gasteiger charge is -2.10. The summed E-state index contributed by atoms with van der Waals surface area (Å²) in [6, 6.07) is 0. The average Bonchev–Trinajstić information content (AvgIpc) is 2.02. The van der Waals surface area contributed by atoms with E-state index < -0.39 is 0 Å². The summed E-state index contributed by atoms with van der Waals surface area (Å²) in [4.78, 5) is 11.0. The molecule has 3 heteroatoms. The molecule has 64 valence electrons. The quantitative estimate of drug-likeness (QED) is 0.413. The van der Waals surface area contributed by atoms with Crippen LogP contribution in [0.15, 0.2) is 12.2 Å². The van der Waals surface area contributed by atoms with E-state index in [1.54, 1.807) is 0 Å². The fraction of sp³-hybridized carbons (Fsp3) is 0.625. The fourth-order valence-electron chi connectivity index (χ4n) is 0.404. The zero-order valence-corrected chi connectivity index (χ0v) is 8.48. The van der Waals surface area contributed by atoms with E-state index in [0.29, 0.717) is 10.9 Å². The number of alkyl halides is 1. The second-order valence-electron chi connectivity index (χ2n) is 2.36. The van der Waals surface area contributed by atoms with E-state index in [2.05, 4.69) is 22.5 Å². The smallest absolute Gasteiger partial charge is 0.334 e. The van der Waals surface area contributed by atoms with Crippen LogP contribution in [0.2, 0.25) is 0 Å². The van der Waals surface area contributed by atoms with E-state index in [9.17, 15) is 4.79 Å². The Balaban J connectivity index is 3.77. The van der Waals surface area contributed by atoms with Crippen molar-refractivity contribution in [1.82, 2.24) is 0 Å². The summed E-state index contributed by atoms with van der Waals surface area (Å²) in [7, 11) is 0. The zero-order valence-electron chi connectivity index (χ0n) is 6.89. The minimum Gasteiger partial charge on any atom is -0.459 e. The molecule has 1 atom stereocenters. The first-order chi connectivity index (χ1) is 5.11. The Bertz CT molecular complexity index is 154. The molecule has 0 aliphatic carbocycles. The van der Waals surface area contributed by atoms with Crippen molar-refractivity contribution < 1.29 is 9.53 Å². The molecule has 0 rings (SSSR count). The number of carbonyl (C=O) groups is 1. The molecule has 0 heterocycles. The number of halogens is 1. The lowest BCUT2D eigenvalue weighted by molar-refractivity contribution is -0.143. The Hall–Kier alpha value is -0.310. The number of hydrogen-bond donors (Lipinski definition) is 0. The Kier molecular flexibility index (Phi) is 5.20. The first kappa shape index (κ1) is 10.7. The normalized spacial score (nSPS) is 12.3. The summed E-state index contributed by atoms with van der Waals surface area (Å²) in [5, 5.41) is 0.474. The minimum absolute atomic E-state index is 0.0155. The fourth-order valence-corrected chi connectivity index (χ4v) is 0.633. The van der Waals surface area contributed by atoms with E-state index in [-0.39, 0.29) is 12.1 Å². The van der Waals surface area contributed by atoms with Crippen molar-refractivity contribution in [3.8, 4) is 0 Å². The molecule has 0 aromatic heterocycles. The van der Waals surface area contributed by atoms with Crippen molar-refractivity contribution >= 4 is 21.9 Å². The Labute approximate surface area is 75.7 Å². The van der Waals surface area contributed by atoms with Gasteiger partial charge in [0.05, 0.1) is 6.10 Å². The van der Waals surface area contributed by atoms with E-state index in [4.69, 9.17) is 4.74 Å². The molecule has 0 amide bonds. The van der Waals surface area contributed by atoms with Gasteiger partial charge in [0, 0.05) is 10.9 Å². The van der Waals surface area contributed by atoms with Crippen LogP contribution in [-0.4, -0.2) is 17.4 Å². The maximum absolute atomic E-state index is 11.0. The van der Waals surface area contributed by atoms with E-state index in [1.165, 1.54) is 0 Å². The first-order valence-corrected chi connectivity index (χ1v) is 4.68. The minimum atomic E-state index is -0.309. The van der Waals surface area contributed by atoms with Crippen LogP contribution in [0.1, 0.15) is 20.3 Å². The van der Waals surface area contributed by atoms with Crippen LogP contribution < -0.4 is 0 Å². The number of esters is 1. The third kappa shape index (κ3) is 4.19. The third-order valence-corrected chi connectivity index (χ3v) is 2.01. The average molecular weight is 221 g/mol. The highest BCUT2D eigenvalue weighted by Gasteiger charge is 2.09. The number of ether oxygens (including phenoxy) is 1. The molecule has 11 heavy (non-hydrogen) atoms. The van der Waals surface area contributed by atoms with Crippen molar-refractivity contribution in [3.05, 3.63) is 12.2 Å². The maximum atomic E-state index is 11.0. The molecule has 0 aliphatic rings. The van der Waals surface area contributed by atoms with Gasteiger partial charge >= 0.3 is 5.97 Å². The maximum Gasteiger partial charge on any atom is 0.334 e. The second kappa shape index (κ2) is 5.35. The highest BCUT2D eigenvalue weighted by Crippen LogP contribution is 2.03. The number of hydrogen-bond acceptors (Lipinski definition) is 2. The molecule has 2 nitrogen and oxygen atoms in total. The Morgan fingerprint density at radius 2 is 2.27 bits per heavy atom. The van der Waals surface area contributed by atoms with Crippen LogP contribution in [0.4, 0.5) is 0 Å². The van der Waals surface area contributed by atoms with Crippen molar-refractivity contribution in [1.29, 1.82) is 0 Å². The van der Waals surface area contributed by atoms with Gasteiger partial charge in [-0.3, -0.25) is 0 Å². The predicted molar refractivity (Wildman–Crippen MR) is 48.8 cm³/mol. The van der Waals surface area contributed by atoms with Gasteiger partial charge in [0.25, 0.3) is 0 Å². The standard InChI is InChI=1S/C8H13BrO2/c1-4-7(3)11-8(10)6(2)5-9/h7H,2,4-5H2,1,3H3. The van der Waals surface area contributed by atoms with E-state index >= 15 is 0 Å². The Morgan fingerprint density at radius 1 is 1.73 bits per heavy atom. The molecule has 1 unspecified atom stereocenters. The van der Waals surface area contributed by atoms with E-state index in [0.717, 1.165) is 6.42 Å². The predicted octanol–water partition coefficient (Wildman–Crippen LogP) is 2.28. The van der Waals surface area contributed by atoms with Gasteiger partial charge in [-0.1, -0.05) is 29.4 Å². The molecule has 0 aromatic carbocycles.